The molecule has 1 aromatic carbocycles. The Hall–Kier alpha value is -1.19. The van der Waals surface area contributed by atoms with E-state index in [1.54, 1.807) is 23.0 Å². The normalized spacial score (nSPS) is 11.1. The van der Waals surface area contributed by atoms with Crippen molar-refractivity contribution in [2.24, 2.45) is 0 Å². The van der Waals surface area contributed by atoms with Crippen LogP contribution in [0.15, 0.2) is 24.4 Å². The maximum absolute atomic E-state index is 6.00. The van der Waals surface area contributed by atoms with Crippen LogP contribution in [0.3, 0.4) is 0 Å². The fourth-order valence-electron chi connectivity index (χ4n) is 1.77. The molecule has 0 unspecified atom stereocenters. The zero-order chi connectivity index (χ0) is 12.6. The molecule has 2 aromatic rings. The van der Waals surface area contributed by atoms with Crippen LogP contribution in [0.25, 0.3) is 5.69 Å². The predicted octanol–water partition coefficient (Wildman–Crippen LogP) is 3.88. The summed E-state index contributed by atoms with van der Waals surface area (Å²) >= 11 is 11.9. The number of benzene rings is 1. The van der Waals surface area contributed by atoms with E-state index in [-0.39, 0.29) is 5.92 Å². The number of halogens is 2. The predicted molar refractivity (Wildman–Crippen MR) is 72.1 cm³/mol. The van der Waals surface area contributed by atoms with Gasteiger partial charge in [-0.15, -0.1) is 0 Å². The molecular weight excluding hydrogens is 257 g/mol. The summed E-state index contributed by atoms with van der Waals surface area (Å²) in [5, 5.41) is 5.30. The molecular formula is C12H13Cl2N3. The number of aromatic nitrogens is 2. The van der Waals surface area contributed by atoms with E-state index in [1.807, 2.05) is 6.07 Å². The van der Waals surface area contributed by atoms with Gasteiger partial charge in [0.1, 0.15) is 0 Å². The fourth-order valence-corrected chi connectivity index (χ4v) is 2.06. The van der Waals surface area contributed by atoms with Crippen LogP contribution in [0.1, 0.15) is 25.5 Å². The molecule has 0 aliphatic rings. The van der Waals surface area contributed by atoms with Crippen molar-refractivity contribution in [3.63, 3.8) is 0 Å². The smallest absolute Gasteiger partial charge is 0.0740 e. The van der Waals surface area contributed by atoms with Crippen molar-refractivity contribution in [2.45, 2.75) is 19.8 Å². The highest BCUT2D eigenvalue weighted by Gasteiger charge is 2.14. The topological polar surface area (TPSA) is 43.8 Å². The molecule has 2 rings (SSSR count). The minimum absolute atomic E-state index is 0.284. The second-order valence-corrected chi connectivity index (χ2v) is 4.96. The van der Waals surface area contributed by atoms with Crippen LogP contribution in [0.2, 0.25) is 10.0 Å². The molecule has 17 heavy (non-hydrogen) atoms. The summed E-state index contributed by atoms with van der Waals surface area (Å²) in [4.78, 5) is 0. The van der Waals surface area contributed by atoms with Crippen LogP contribution in [-0.4, -0.2) is 9.78 Å². The standard InChI is InChI=1S/C12H13Cl2N3/c1-7(2)12-11(15)6-16-17(12)8-3-4-9(13)10(14)5-8/h3-7H,15H2,1-2H3. The van der Waals surface area contributed by atoms with Gasteiger partial charge in [-0.3, -0.25) is 0 Å². The monoisotopic (exact) mass is 269 g/mol. The number of hydrogen-bond donors (Lipinski definition) is 1. The maximum atomic E-state index is 6.00. The van der Waals surface area contributed by atoms with Crippen LogP contribution < -0.4 is 5.73 Å². The molecule has 0 amide bonds. The van der Waals surface area contributed by atoms with Gasteiger partial charge in [0, 0.05) is 0 Å². The summed E-state index contributed by atoms with van der Waals surface area (Å²) in [5.41, 5.74) is 8.43. The molecule has 0 aliphatic heterocycles. The van der Waals surface area contributed by atoms with Crippen molar-refractivity contribution < 1.29 is 0 Å². The van der Waals surface area contributed by atoms with Crippen molar-refractivity contribution in [3.8, 4) is 5.69 Å². The molecule has 0 bridgehead atoms. The Labute approximate surface area is 110 Å². The van der Waals surface area contributed by atoms with Crippen LogP contribution in [0.5, 0.6) is 0 Å². The minimum atomic E-state index is 0.284. The first-order valence-corrected chi connectivity index (χ1v) is 6.05. The Balaban J connectivity index is 2.56. The summed E-state index contributed by atoms with van der Waals surface area (Å²) < 4.78 is 1.79. The van der Waals surface area contributed by atoms with Crippen molar-refractivity contribution in [1.82, 2.24) is 9.78 Å². The molecule has 0 aliphatic carbocycles. The number of nitrogens with two attached hydrogens (primary N) is 1. The van der Waals surface area contributed by atoms with Crippen molar-refractivity contribution in [2.75, 3.05) is 5.73 Å². The van der Waals surface area contributed by atoms with Gasteiger partial charge in [0.15, 0.2) is 0 Å². The fraction of sp³-hybridized carbons (Fsp3) is 0.250. The number of anilines is 1. The van der Waals surface area contributed by atoms with Gasteiger partial charge in [0.05, 0.1) is 33.3 Å². The Morgan fingerprint density at radius 1 is 1.24 bits per heavy atom. The van der Waals surface area contributed by atoms with Gasteiger partial charge in [-0.1, -0.05) is 37.0 Å². The molecule has 1 aromatic heterocycles. The number of rotatable bonds is 2. The zero-order valence-corrected chi connectivity index (χ0v) is 11.1. The Morgan fingerprint density at radius 2 is 1.94 bits per heavy atom. The zero-order valence-electron chi connectivity index (χ0n) is 9.61. The van der Waals surface area contributed by atoms with E-state index in [2.05, 4.69) is 18.9 Å². The van der Waals surface area contributed by atoms with Gasteiger partial charge in [0.25, 0.3) is 0 Å². The molecule has 5 heteroatoms. The largest absolute Gasteiger partial charge is 0.396 e. The first-order chi connectivity index (χ1) is 8.00. The van der Waals surface area contributed by atoms with E-state index < -0.39 is 0 Å². The second kappa shape index (κ2) is 4.59. The molecule has 3 nitrogen and oxygen atoms in total. The van der Waals surface area contributed by atoms with Gasteiger partial charge in [0.2, 0.25) is 0 Å². The molecule has 0 saturated carbocycles. The Morgan fingerprint density at radius 3 is 2.53 bits per heavy atom. The SMILES string of the molecule is CC(C)c1c(N)cnn1-c1ccc(Cl)c(Cl)c1. The quantitative estimate of drug-likeness (QED) is 0.899. The summed E-state index contributed by atoms with van der Waals surface area (Å²) in [6, 6.07) is 5.40. The molecule has 0 spiro atoms. The van der Waals surface area contributed by atoms with Crippen LogP contribution in [0.4, 0.5) is 5.69 Å². The lowest BCUT2D eigenvalue weighted by Gasteiger charge is -2.11. The van der Waals surface area contributed by atoms with E-state index in [0.29, 0.717) is 15.7 Å². The highest BCUT2D eigenvalue weighted by atomic mass is 35.5. The summed E-state index contributed by atoms with van der Waals surface area (Å²) in [6.45, 7) is 4.14. The molecule has 1 heterocycles. The maximum Gasteiger partial charge on any atom is 0.0740 e. The number of nitrogen functional groups attached to an aromatic ring is 1. The van der Waals surface area contributed by atoms with Gasteiger partial charge in [-0.2, -0.15) is 5.10 Å². The molecule has 0 saturated heterocycles. The minimum Gasteiger partial charge on any atom is -0.396 e. The van der Waals surface area contributed by atoms with Gasteiger partial charge in [-0.25, -0.2) is 4.68 Å². The number of hydrogen-bond acceptors (Lipinski definition) is 2. The van der Waals surface area contributed by atoms with Crippen molar-refractivity contribution in [1.29, 1.82) is 0 Å². The van der Waals surface area contributed by atoms with Crippen molar-refractivity contribution >= 4 is 28.9 Å². The average molecular weight is 270 g/mol. The highest BCUT2D eigenvalue weighted by Crippen LogP contribution is 2.28. The lowest BCUT2D eigenvalue weighted by molar-refractivity contribution is 0.736. The second-order valence-electron chi connectivity index (χ2n) is 4.15. The molecule has 0 atom stereocenters. The van der Waals surface area contributed by atoms with Crippen molar-refractivity contribution in [3.05, 3.63) is 40.1 Å². The first-order valence-electron chi connectivity index (χ1n) is 5.29. The van der Waals surface area contributed by atoms with Gasteiger partial charge < -0.3 is 5.73 Å². The average Bonchev–Trinajstić information content (AvgIpc) is 2.64. The Kier molecular flexibility index (Phi) is 3.31. The first kappa shape index (κ1) is 12.3. The molecule has 90 valence electrons. The third kappa shape index (κ3) is 2.26. The summed E-state index contributed by atoms with van der Waals surface area (Å²) in [6.07, 6.45) is 1.65. The van der Waals surface area contributed by atoms with E-state index in [4.69, 9.17) is 28.9 Å². The highest BCUT2D eigenvalue weighted by molar-refractivity contribution is 6.42. The third-order valence-corrected chi connectivity index (χ3v) is 3.27. The van der Waals surface area contributed by atoms with E-state index in [1.165, 1.54) is 0 Å². The summed E-state index contributed by atoms with van der Waals surface area (Å²) in [7, 11) is 0. The van der Waals surface area contributed by atoms with Gasteiger partial charge >= 0.3 is 0 Å². The van der Waals surface area contributed by atoms with E-state index >= 15 is 0 Å². The van der Waals surface area contributed by atoms with Crippen LogP contribution >= 0.6 is 23.2 Å². The summed E-state index contributed by atoms with van der Waals surface area (Å²) in [5.74, 6) is 0.284. The lowest BCUT2D eigenvalue weighted by atomic mass is 10.1. The van der Waals surface area contributed by atoms with E-state index in [9.17, 15) is 0 Å². The Bertz CT molecular complexity index is 547. The van der Waals surface area contributed by atoms with Crippen LogP contribution in [0, 0.1) is 0 Å². The van der Waals surface area contributed by atoms with E-state index in [0.717, 1.165) is 11.4 Å². The molecule has 2 N–H and O–H groups in total. The third-order valence-electron chi connectivity index (χ3n) is 2.53. The lowest BCUT2D eigenvalue weighted by Crippen LogP contribution is -2.05. The van der Waals surface area contributed by atoms with Gasteiger partial charge in [-0.05, 0) is 24.1 Å². The molecule has 0 fully saturated rings. The number of nitrogens with zero attached hydrogens (tertiary/aromatic N) is 2. The molecule has 0 radical (unpaired) electrons. The van der Waals surface area contributed by atoms with Crippen LogP contribution in [-0.2, 0) is 0 Å².